The fourth-order valence-electron chi connectivity index (χ4n) is 4.83. The first kappa shape index (κ1) is 47.7. The number of phosphoric acid groups is 1. The predicted octanol–water partition coefficient (Wildman–Crippen LogP) is 10.2. The number of allylic oxidation sites excluding steroid dienone is 10. The molecule has 0 aromatic rings. The summed E-state index contributed by atoms with van der Waals surface area (Å²) in [6.45, 7) is 3.34. The van der Waals surface area contributed by atoms with E-state index in [1.807, 2.05) is 0 Å². The Morgan fingerprint density at radius 3 is 1.68 bits per heavy atom. The van der Waals surface area contributed by atoms with Crippen LogP contribution in [0.3, 0.4) is 0 Å². The first-order valence-corrected chi connectivity index (χ1v) is 20.8. The molecule has 9 nitrogen and oxygen atoms in total. The summed E-state index contributed by atoms with van der Waals surface area (Å²) >= 11 is 0. The van der Waals surface area contributed by atoms with Gasteiger partial charge >= 0.3 is 13.8 Å². The predicted molar refractivity (Wildman–Crippen MR) is 206 cm³/mol. The number of carbonyl (C=O) groups excluding carboxylic acids is 2. The zero-order valence-electron chi connectivity index (χ0n) is 31.3. The molecule has 0 radical (unpaired) electrons. The Bertz CT molecular complexity index is 1010. The lowest BCUT2D eigenvalue weighted by Crippen LogP contribution is -2.27. The monoisotopic (exact) mass is 723 g/mol. The SMILES string of the molecule is CC/C=C\C/C=C\C/C=C\C/C=C\C/C=C\CCCC(=O)NCCOP(=O)(O)OCC(O)COC(=O)CCCCCCCCCCCCCC. The zero-order chi connectivity index (χ0) is 36.8. The van der Waals surface area contributed by atoms with Gasteiger partial charge in [-0.15, -0.1) is 0 Å². The molecule has 0 aromatic heterocycles. The highest BCUT2D eigenvalue weighted by Gasteiger charge is 2.23. The topological polar surface area (TPSA) is 131 Å². The summed E-state index contributed by atoms with van der Waals surface area (Å²) in [5, 5.41) is 12.6. The molecule has 0 heterocycles. The maximum absolute atomic E-state index is 12.0. The van der Waals surface area contributed by atoms with Crippen molar-refractivity contribution < 1.29 is 37.9 Å². The standard InChI is InChI=1S/C40H70NO8P/c1-3-5-7-9-11-13-15-17-18-19-20-21-22-24-26-28-30-32-39(43)41-34-35-48-50(45,46)49-37-38(42)36-47-40(44)33-31-29-27-25-23-16-14-12-10-8-6-4-2/h5,7,11,13,17-18,20-21,24,26,38,42H,3-4,6,8-10,12,14-16,19,22-23,25,27-37H2,1-2H3,(H,41,43)(H,45,46)/b7-5-,13-11-,18-17-,21-20-,26-24-. The third-order valence-electron chi connectivity index (χ3n) is 7.71. The van der Waals surface area contributed by atoms with E-state index in [4.69, 9.17) is 13.8 Å². The summed E-state index contributed by atoms with van der Waals surface area (Å²) in [7, 11) is -4.43. The van der Waals surface area contributed by atoms with Gasteiger partial charge in [-0.1, -0.05) is 145 Å². The molecule has 0 aromatic carbocycles. The fraction of sp³-hybridized carbons (Fsp3) is 0.700. The van der Waals surface area contributed by atoms with Gasteiger partial charge in [0.05, 0.1) is 13.2 Å². The molecule has 2 atom stereocenters. The molecule has 0 aliphatic heterocycles. The quantitative estimate of drug-likeness (QED) is 0.0255. The van der Waals surface area contributed by atoms with Crippen molar-refractivity contribution in [1.29, 1.82) is 0 Å². The van der Waals surface area contributed by atoms with Crippen LogP contribution in [0, 0.1) is 0 Å². The van der Waals surface area contributed by atoms with E-state index in [2.05, 4.69) is 79.9 Å². The van der Waals surface area contributed by atoms with Crippen LogP contribution < -0.4 is 5.32 Å². The molecule has 0 saturated heterocycles. The van der Waals surface area contributed by atoms with Gasteiger partial charge in [-0.2, -0.15) is 0 Å². The van der Waals surface area contributed by atoms with Crippen LogP contribution in [0.2, 0.25) is 0 Å². The minimum Gasteiger partial charge on any atom is -0.463 e. The number of aliphatic hydroxyl groups excluding tert-OH is 1. The average molecular weight is 724 g/mol. The van der Waals surface area contributed by atoms with E-state index < -0.39 is 26.5 Å². The Balaban J connectivity index is 3.72. The van der Waals surface area contributed by atoms with Gasteiger partial charge in [0, 0.05) is 19.4 Å². The number of carbonyl (C=O) groups is 2. The average Bonchev–Trinajstić information content (AvgIpc) is 3.10. The maximum atomic E-state index is 12.0. The first-order valence-electron chi connectivity index (χ1n) is 19.3. The molecule has 10 heteroatoms. The van der Waals surface area contributed by atoms with Crippen molar-refractivity contribution in [3.8, 4) is 0 Å². The Morgan fingerprint density at radius 2 is 1.14 bits per heavy atom. The maximum Gasteiger partial charge on any atom is 0.472 e. The van der Waals surface area contributed by atoms with Gasteiger partial charge in [-0.05, 0) is 51.4 Å². The minimum absolute atomic E-state index is 0.0493. The van der Waals surface area contributed by atoms with Crippen molar-refractivity contribution in [1.82, 2.24) is 5.32 Å². The van der Waals surface area contributed by atoms with Gasteiger partial charge in [0.1, 0.15) is 12.7 Å². The summed E-state index contributed by atoms with van der Waals surface area (Å²) < 4.78 is 26.7. The van der Waals surface area contributed by atoms with Gasteiger partial charge < -0.3 is 20.1 Å². The molecule has 288 valence electrons. The zero-order valence-corrected chi connectivity index (χ0v) is 32.2. The van der Waals surface area contributed by atoms with Crippen molar-refractivity contribution in [2.45, 2.75) is 155 Å². The Hall–Kier alpha value is -2.29. The third kappa shape index (κ3) is 37.0. The highest BCUT2D eigenvalue weighted by Crippen LogP contribution is 2.42. The number of rotatable bonds is 35. The lowest BCUT2D eigenvalue weighted by Gasteiger charge is -2.15. The van der Waals surface area contributed by atoms with Crippen LogP contribution in [-0.4, -0.2) is 54.3 Å². The molecule has 2 unspecified atom stereocenters. The molecule has 3 N–H and O–H groups in total. The molecule has 1 amide bonds. The first-order chi connectivity index (χ1) is 24.3. The van der Waals surface area contributed by atoms with Crippen molar-refractivity contribution in [2.75, 3.05) is 26.4 Å². The molecule has 50 heavy (non-hydrogen) atoms. The van der Waals surface area contributed by atoms with E-state index >= 15 is 0 Å². The smallest absolute Gasteiger partial charge is 0.463 e. The number of esters is 1. The number of nitrogens with one attached hydrogen (secondary N) is 1. The molecule has 0 aliphatic carbocycles. The van der Waals surface area contributed by atoms with Crippen LogP contribution in [-0.2, 0) is 27.9 Å². The molecule has 0 fully saturated rings. The van der Waals surface area contributed by atoms with Crippen LogP contribution >= 0.6 is 7.82 Å². The van der Waals surface area contributed by atoms with Crippen LogP contribution in [0.1, 0.15) is 149 Å². The van der Waals surface area contributed by atoms with Crippen LogP contribution in [0.4, 0.5) is 0 Å². The highest BCUT2D eigenvalue weighted by atomic mass is 31.2. The lowest BCUT2D eigenvalue weighted by molar-refractivity contribution is -0.147. The molecule has 0 spiro atoms. The molecular formula is C40H70NO8P. The molecule has 0 aliphatic rings. The van der Waals surface area contributed by atoms with Crippen molar-refractivity contribution in [2.24, 2.45) is 0 Å². The second-order valence-corrected chi connectivity index (χ2v) is 14.0. The van der Waals surface area contributed by atoms with Crippen molar-refractivity contribution in [3.05, 3.63) is 60.8 Å². The number of unbranched alkanes of at least 4 members (excludes halogenated alkanes) is 12. The second-order valence-electron chi connectivity index (χ2n) is 12.5. The van der Waals surface area contributed by atoms with E-state index in [1.165, 1.54) is 57.8 Å². The summed E-state index contributed by atoms with van der Waals surface area (Å²) in [5.41, 5.74) is 0. The fourth-order valence-corrected chi connectivity index (χ4v) is 5.58. The van der Waals surface area contributed by atoms with Crippen LogP contribution in [0.15, 0.2) is 60.8 Å². The summed E-state index contributed by atoms with van der Waals surface area (Å²) in [6.07, 6.45) is 41.6. The Labute approximate surface area is 304 Å². The van der Waals surface area contributed by atoms with E-state index in [9.17, 15) is 24.2 Å². The van der Waals surface area contributed by atoms with E-state index in [1.54, 1.807) is 0 Å². The number of hydrogen-bond acceptors (Lipinski definition) is 7. The second kappa shape index (κ2) is 36.5. The molecule has 0 rings (SSSR count). The molecule has 0 bridgehead atoms. The number of amides is 1. The largest absolute Gasteiger partial charge is 0.472 e. The van der Waals surface area contributed by atoms with Crippen molar-refractivity contribution in [3.63, 3.8) is 0 Å². The van der Waals surface area contributed by atoms with Gasteiger partial charge in [0.25, 0.3) is 0 Å². The van der Waals surface area contributed by atoms with Gasteiger partial charge in [0.2, 0.25) is 5.91 Å². The number of aliphatic hydroxyl groups is 1. The number of hydrogen-bond donors (Lipinski definition) is 3. The highest BCUT2D eigenvalue weighted by molar-refractivity contribution is 7.47. The normalized spacial score (nSPS) is 14.1. The van der Waals surface area contributed by atoms with E-state index in [0.717, 1.165) is 57.8 Å². The van der Waals surface area contributed by atoms with E-state index in [0.29, 0.717) is 12.8 Å². The summed E-state index contributed by atoms with van der Waals surface area (Å²) in [5.74, 6) is -0.580. The third-order valence-corrected chi connectivity index (χ3v) is 8.70. The number of ether oxygens (including phenoxy) is 1. The van der Waals surface area contributed by atoms with E-state index in [-0.39, 0.29) is 32.1 Å². The summed E-state index contributed by atoms with van der Waals surface area (Å²) in [6, 6.07) is 0. The lowest BCUT2D eigenvalue weighted by atomic mass is 10.0. The van der Waals surface area contributed by atoms with Crippen molar-refractivity contribution >= 4 is 19.7 Å². The number of phosphoric ester groups is 1. The van der Waals surface area contributed by atoms with Crippen LogP contribution in [0.5, 0.6) is 0 Å². The molecule has 0 saturated carbocycles. The Morgan fingerprint density at radius 1 is 0.640 bits per heavy atom. The minimum atomic E-state index is -4.43. The van der Waals surface area contributed by atoms with Gasteiger partial charge in [0.15, 0.2) is 0 Å². The van der Waals surface area contributed by atoms with Gasteiger partial charge in [-0.3, -0.25) is 18.6 Å². The van der Waals surface area contributed by atoms with Gasteiger partial charge in [-0.25, -0.2) is 4.57 Å². The summed E-state index contributed by atoms with van der Waals surface area (Å²) in [4.78, 5) is 33.7. The van der Waals surface area contributed by atoms with Crippen LogP contribution in [0.25, 0.3) is 0 Å². The Kier molecular flexibility index (Phi) is 34.8. The molecular weight excluding hydrogens is 653 g/mol.